The van der Waals surface area contributed by atoms with Crippen LogP contribution in [0.4, 0.5) is 0 Å². The van der Waals surface area contributed by atoms with Crippen LogP contribution >= 0.6 is 0 Å². The molecule has 3 aromatic rings. The first-order valence-corrected chi connectivity index (χ1v) is 12.1. The Bertz CT molecular complexity index is 1240. The van der Waals surface area contributed by atoms with E-state index in [0.717, 1.165) is 24.8 Å². The van der Waals surface area contributed by atoms with Crippen LogP contribution in [0.25, 0.3) is 5.76 Å². The summed E-state index contributed by atoms with van der Waals surface area (Å²) >= 11 is 0. The standard InChI is InChI=1S/C29H31NO6/c1-4-5-6-15-36-23-14-13-21(17-24(23)34-3)26-25(27(31)20-11-9-19(2)10-12-20)28(32)29(33)30(26)18-22-8-7-16-35-22/h7-14,16-17,26,31H,4-6,15,18H2,1-3H3/b27-25+. The highest BCUT2D eigenvalue weighted by Gasteiger charge is 2.46. The summed E-state index contributed by atoms with van der Waals surface area (Å²) in [4.78, 5) is 27.8. The molecule has 4 rings (SSSR count). The van der Waals surface area contributed by atoms with Crippen molar-refractivity contribution in [2.24, 2.45) is 0 Å². The molecule has 0 bridgehead atoms. The lowest BCUT2D eigenvalue weighted by Crippen LogP contribution is -2.29. The quantitative estimate of drug-likeness (QED) is 0.168. The molecule has 36 heavy (non-hydrogen) atoms. The van der Waals surface area contributed by atoms with E-state index in [4.69, 9.17) is 13.9 Å². The molecule has 7 heteroatoms. The zero-order chi connectivity index (χ0) is 25.7. The second-order valence-corrected chi connectivity index (χ2v) is 8.84. The van der Waals surface area contributed by atoms with Gasteiger partial charge in [-0.15, -0.1) is 0 Å². The van der Waals surface area contributed by atoms with Crippen molar-refractivity contribution in [2.45, 2.75) is 45.7 Å². The number of methoxy groups -OCH3 is 1. The van der Waals surface area contributed by atoms with Gasteiger partial charge in [-0.05, 0) is 43.2 Å². The lowest BCUT2D eigenvalue weighted by Gasteiger charge is -2.25. The number of carbonyl (C=O) groups excluding carboxylic acids is 2. The number of benzene rings is 2. The fraction of sp³-hybridized carbons (Fsp3) is 0.310. The number of Topliss-reactive ketones (excluding diaryl/α,β-unsaturated/α-hetero) is 1. The Hall–Kier alpha value is -4.00. The van der Waals surface area contributed by atoms with Gasteiger partial charge < -0.3 is 23.9 Å². The van der Waals surface area contributed by atoms with Gasteiger partial charge in [0.2, 0.25) is 0 Å². The number of hydrogen-bond acceptors (Lipinski definition) is 6. The van der Waals surface area contributed by atoms with E-state index in [-0.39, 0.29) is 17.9 Å². The van der Waals surface area contributed by atoms with E-state index in [2.05, 4.69) is 6.92 Å². The Balaban J connectivity index is 1.78. The first-order chi connectivity index (χ1) is 17.4. The molecule has 1 aromatic heterocycles. The molecule has 188 valence electrons. The number of ketones is 1. The van der Waals surface area contributed by atoms with Gasteiger partial charge in [0.25, 0.3) is 11.7 Å². The van der Waals surface area contributed by atoms with E-state index in [9.17, 15) is 14.7 Å². The third-order valence-corrected chi connectivity index (χ3v) is 6.28. The van der Waals surface area contributed by atoms with Crippen molar-refractivity contribution in [3.63, 3.8) is 0 Å². The average molecular weight is 490 g/mol. The fourth-order valence-electron chi connectivity index (χ4n) is 4.33. The number of rotatable bonds is 10. The van der Waals surface area contributed by atoms with Gasteiger partial charge in [-0.2, -0.15) is 0 Å². The first-order valence-electron chi connectivity index (χ1n) is 12.1. The van der Waals surface area contributed by atoms with Crippen LogP contribution in [0, 0.1) is 6.92 Å². The summed E-state index contributed by atoms with van der Waals surface area (Å²) in [6.07, 6.45) is 4.61. The number of aliphatic hydroxyl groups excluding tert-OH is 1. The van der Waals surface area contributed by atoms with Crippen LogP contribution in [-0.2, 0) is 16.1 Å². The van der Waals surface area contributed by atoms with Crippen molar-refractivity contribution >= 4 is 17.4 Å². The number of likely N-dealkylation sites (tertiary alicyclic amines) is 1. The van der Waals surface area contributed by atoms with Crippen LogP contribution in [0.1, 0.15) is 54.7 Å². The van der Waals surface area contributed by atoms with E-state index in [0.29, 0.717) is 35.0 Å². The van der Waals surface area contributed by atoms with Gasteiger partial charge in [0.15, 0.2) is 11.5 Å². The summed E-state index contributed by atoms with van der Waals surface area (Å²) in [5, 5.41) is 11.2. The Morgan fingerprint density at radius 1 is 1.06 bits per heavy atom. The van der Waals surface area contributed by atoms with Gasteiger partial charge in [0.05, 0.1) is 38.1 Å². The number of unbranched alkanes of at least 4 members (excludes halogenated alkanes) is 2. The van der Waals surface area contributed by atoms with Gasteiger partial charge in [-0.25, -0.2) is 0 Å². The van der Waals surface area contributed by atoms with Crippen LogP contribution in [0.2, 0.25) is 0 Å². The van der Waals surface area contributed by atoms with Gasteiger partial charge in [-0.3, -0.25) is 9.59 Å². The molecule has 0 saturated carbocycles. The summed E-state index contributed by atoms with van der Waals surface area (Å²) in [5.41, 5.74) is 2.12. The Morgan fingerprint density at radius 2 is 1.83 bits per heavy atom. The van der Waals surface area contributed by atoms with Gasteiger partial charge in [0, 0.05) is 5.56 Å². The minimum absolute atomic E-state index is 0.0223. The van der Waals surface area contributed by atoms with Crippen LogP contribution < -0.4 is 9.47 Å². The molecule has 1 aliphatic rings. The SMILES string of the molecule is CCCCCOc1ccc(C2/C(=C(\O)c3ccc(C)cc3)C(=O)C(=O)N2Cc2ccco2)cc1OC. The lowest BCUT2D eigenvalue weighted by atomic mass is 9.94. The predicted molar refractivity (Wildman–Crippen MR) is 136 cm³/mol. The van der Waals surface area contributed by atoms with Gasteiger partial charge in [0.1, 0.15) is 11.5 Å². The maximum Gasteiger partial charge on any atom is 0.296 e. The average Bonchev–Trinajstić information content (AvgIpc) is 3.49. The molecule has 1 N–H and O–H groups in total. The Labute approximate surface area is 210 Å². The highest BCUT2D eigenvalue weighted by molar-refractivity contribution is 6.46. The second kappa shape index (κ2) is 11.2. The van der Waals surface area contributed by atoms with Crippen LogP contribution in [0.15, 0.2) is 70.9 Å². The molecule has 0 spiro atoms. The van der Waals surface area contributed by atoms with Crippen molar-refractivity contribution in [3.8, 4) is 11.5 Å². The minimum atomic E-state index is -0.834. The second-order valence-electron chi connectivity index (χ2n) is 8.84. The fourth-order valence-corrected chi connectivity index (χ4v) is 4.33. The van der Waals surface area contributed by atoms with Crippen molar-refractivity contribution in [3.05, 3.63) is 88.9 Å². The monoisotopic (exact) mass is 489 g/mol. The highest BCUT2D eigenvalue weighted by atomic mass is 16.5. The molecule has 0 radical (unpaired) electrons. The van der Waals surface area contributed by atoms with Gasteiger partial charge >= 0.3 is 0 Å². The number of furan rings is 1. The zero-order valence-electron chi connectivity index (χ0n) is 20.8. The normalized spacial score (nSPS) is 17.0. The third-order valence-electron chi connectivity index (χ3n) is 6.28. The van der Waals surface area contributed by atoms with Crippen molar-refractivity contribution in [2.75, 3.05) is 13.7 Å². The number of aryl methyl sites for hydroxylation is 1. The summed E-state index contributed by atoms with van der Waals surface area (Å²) in [6, 6.07) is 15.1. The van der Waals surface area contributed by atoms with Crippen LogP contribution in [0.3, 0.4) is 0 Å². The molecule has 1 fully saturated rings. The molecule has 0 aliphatic carbocycles. The van der Waals surface area contributed by atoms with Crippen LogP contribution in [0.5, 0.6) is 11.5 Å². The maximum atomic E-state index is 13.2. The van der Waals surface area contributed by atoms with Gasteiger partial charge in [-0.1, -0.05) is 55.7 Å². The maximum absolute atomic E-state index is 13.2. The predicted octanol–water partition coefficient (Wildman–Crippen LogP) is 5.79. The molecule has 1 unspecified atom stereocenters. The van der Waals surface area contributed by atoms with E-state index >= 15 is 0 Å². The number of amides is 1. The number of aliphatic hydroxyl groups is 1. The van der Waals surface area contributed by atoms with Crippen LogP contribution in [-0.4, -0.2) is 35.4 Å². The highest BCUT2D eigenvalue weighted by Crippen LogP contribution is 2.42. The molecule has 2 heterocycles. The summed E-state index contributed by atoms with van der Waals surface area (Å²) in [6.45, 7) is 4.70. The molecular formula is C29H31NO6. The van der Waals surface area contributed by atoms with E-state index < -0.39 is 17.7 Å². The summed E-state index contributed by atoms with van der Waals surface area (Å²) in [7, 11) is 1.55. The molecule has 2 aromatic carbocycles. The summed E-state index contributed by atoms with van der Waals surface area (Å²) in [5.74, 6) is -0.0755. The van der Waals surface area contributed by atoms with Crippen molar-refractivity contribution in [1.82, 2.24) is 4.90 Å². The molecule has 7 nitrogen and oxygen atoms in total. The Kier molecular flexibility index (Phi) is 7.78. The smallest absolute Gasteiger partial charge is 0.296 e. The number of ether oxygens (including phenoxy) is 2. The third kappa shape index (κ3) is 5.15. The molecule has 1 amide bonds. The summed E-state index contributed by atoms with van der Waals surface area (Å²) < 4.78 is 16.9. The number of carbonyl (C=O) groups is 2. The van der Waals surface area contributed by atoms with E-state index in [1.807, 2.05) is 19.1 Å². The van der Waals surface area contributed by atoms with E-state index in [1.165, 1.54) is 11.2 Å². The molecular weight excluding hydrogens is 458 g/mol. The van der Waals surface area contributed by atoms with Crippen molar-refractivity contribution in [1.29, 1.82) is 0 Å². The lowest BCUT2D eigenvalue weighted by molar-refractivity contribution is -0.140. The number of nitrogens with zero attached hydrogens (tertiary/aromatic N) is 1. The topological polar surface area (TPSA) is 89.2 Å². The molecule has 1 atom stereocenters. The largest absolute Gasteiger partial charge is 0.507 e. The van der Waals surface area contributed by atoms with E-state index in [1.54, 1.807) is 49.6 Å². The number of hydrogen-bond donors (Lipinski definition) is 1. The minimum Gasteiger partial charge on any atom is -0.507 e. The zero-order valence-corrected chi connectivity index (χ0v) is 20.8. The van der Waals surface area contributed by atoms with Crippen molar-refractivity contribution < 1.29 is 28.6 Å². The molecule has 1 saturated heterocycles. The Morgan fingerprint density at radius 3 is 2.50 bits per heavy atom. The molecule has 1 aliphatic heterocycles. The first kappa shape index (κ1) is 25.1.